The average molecular weight is 212 g/mol. The van der Waals surface area contributed by atoms with Crippen molar-refractivity contribution < 1.29 is 0 Å². The van der Waals surface area contributed by atoms with Gasteiger partial charge in [-0.05, 0) is 12.5 Å². The number of rotatable bonds is 4. The molecule has 1 rings (SSSR count). The lowest BCUT2D eigenvalue weighted by Gasteiger charge is -2.26. The maximum absolute atomic E-state index is 3.66. The van der Waals surface area contributed by atoms with Gasteiger partial charge in [0.1, 0.15) is 0 Å². The summed E-state index contributed by atoms with van der Waals surface area (Å²) < 4.78 is 0. The van der Waals surface area contributed by atoms with E-state index < -0.39 is 0 Å². The minimum atomic E-state index is 0.0762. The molecule has 16 heavy (non-hydrogen) atoms. The average Bonchev–Trinajstić information content (AvgIpc) is 2.30. The fraction of sp³-hybridized carbons (Fsp3) is 0.250. The van der Waals surface area contributed by atoms with Crippen LogP contribution >= 0.6 is 0 Å². The highest BCUT2D eigenvalue weighted by molar-refractivity contribution is 5.35. The Kier molecular flexibility index (Phi) is 4.30. The zero-order valence-corrected chi connectivity index (χ0v) is 10.4. The Hall–Kier alpha value is -1.56. The fourth-order valence-electron chi connectivity index (χ4n) is 1.57. The molecule has 0 aliphatic carbocycles. The van der Waals surface area contributed by atoms with Gasteiger partial charge >= 0.3 is 0 Å². The molecule has 0 heteroatoms. The molecule has 0 spiro atoms. The van der Waals surface area contributed by atoms with Gasteiger partial charge in [0.15, 0.2) is 0 Å². The molecular weight excluding hydrogens is 192 g/mol. The molecule has 0 heterocycles. The summed E-state index contributed by atoms with van der Waals surface area (Å²) in [6.07, 6.45) is 7.92. The number of benzene rings is 1. The second kappa shape index (κ2) is 5.50. The van der Waals surface area contributed by atoms with E-state index >= 15 is 0 Å². The molecule has 0 saturated carbocycles. The summed E-state index contributed by atoms with van der Waals surface area (Å²) in [6.45, 7) is 10.3. The predicted octanol–water partition coefficient (Wildman–Crippen LogP) is 4.65. The van der Waals surface area contributed by atoms with Crippen LogP contribution in [0.25, 0.3) is 0 Å². The lowest BCUT2D eigenvalue weighted by Crippen LogP contribution is -2.18. The number of allylic oxidation sites excluding steroid dienone is 5. The van der Waals surface area contributed by atoms with E-state index in [4.69, 9.17) is 0 Å². The van der Waals surface area contributed by atoms with Gasteiger partial charge in [-0.1, -0.05) is 80.6 Å². The summed E-state index contributed by atoms with van der Waals surface area (Å²) in [4.78, 5) is 0. The van der Waals surface area contributed by atoms with Crippen LogP contribution in [0.15, 0.2) is 66.8 Å². The molecule has 1 aromatic rings. The van der Waals surface area contributed by atoms with Crippen LogP contribution in [0, 0.1) is 0 Å². The summed E-state index contributed by atoms with van der Waals surface area (Å²) in [5.74, 6) is 0. The molecule has 0 aliphatic rings. The van der Waals surface area contributed by atoms with Crippen molar-refractivity contribution in [3.63, 3.8) is 0 Å². The summed E-state index contributed by atoms with van der Waals surface area (Å²) in [7, 11) is 0. The van der Waals surface area contributed by atoms with Gasteiger partial charge in [0.25, 0.3) is 0 Å². The third kappa shape index (κ3) is 2.96. The van der Waals surface area contributed by atoms with E-state index in [1.165, 1.54) is 11.1 Å². The van der Waals surface area contributed by atoms with Crippen molar-refractivity contribution >= 4 is 0 Å². The Morgan fingerprint density at radius 1 is 1.12 bits per heavy atom. The topological polar surface area (TPSA) is 0 Å². The lowest BCUT2D eigenvalue weighted by molar-refractivity contribution is 0.623. The molecule has 84 valence electrons. The SMILES string of the molecule is C=C/C=C\C=C(/C)C(C)(C)c1ccccc1. The Morgan fingerprint density at radius 3 is 2.31 bits per heavy atom. The highest BCUT2D eigenvalue weighted by Gasteiger charge is 2.21. The van der Waals surface area contributed by atoms with Gasteiger partial charge < -0.3 is 0 Å². The molecule has 0 fully saturated rings. The molecule has 0 bridgehead atoms. The molecule has 0 amide bonds. The summed E-state index contributed by atoms with van der Waals surface area (Å²) in [5, 5.41) is 0. The van der Waals surface area contributed by atoms with Gasteiger partial charge in [0, 0.05) is 5.41 Å². The van der Waals surface area contributed by atoms with Gasteiger partial charge in [-0.2, -0.15) is 0 Å². The third-order valence-corrected chi connectivity index (χ3v) is 3.07. The van der Waals surface area contributed by atoms with Crippen LogP contribution in [-0.2, 0) is 5.41 Å². The first-order valence-electron chi connectivity index (χ1n) is 5.61. The standard InChI is InChI=1S/C16H20/c1-5-6-8-11-14(2)16(3,4)15-12-9-7-10-13-15/h5-13H,1H2,2-4H3/b8-6-,14-11+. The molecule has 0 nitrogen and oxygen atoms in total. The zero-order chi connectivity index (χ0) is 12.0. The van der Waals surface area contributed by atoms with Crippen LogP contribution in [0.3, 0.4) is 0 Å². The van der Waals surface area contributed by atoms with E-state index in [9.17, 15) is 0 Å². The van der Waals surface area contributed by atoms with Gasteiger partial charge in [-0.25, -0.2) is 0 Å². The first kappa shape index (κ1) is 12.5. The first-order valence-corrected chi connectivity index (χ1v) is 5.61. The second-order valence-corrected chi connectivity index (χ2v) is 4.46. The predicted molar refractivity (Wildman–Crippen MR) is 72.6 cm³/mol. The minimum Gasteiger partial charge on any atom is -0.0991 e. The smallest absolute Gasteiger partial charge is 0.0105 e. The summed E-state index contributed by atoms with van der Waals surface area (Å²) in [6, 6.07) is 10.6. The Labute approximate surface area is 99.0 Å². The summed E-state index contributed by atoms with van der Waals surface area (Å²) in [5.41, 5.74) is 2.76. The van der Waals surface area contributed by atoms with E-state index in [0.717, 1.165) is 0 Å². The molecule has 1 aromatic carbocycles. The monoisotopic (exact) mass is 212 g/mol. The van der Waals surface area contributed by atoms with Crippen LogP contribution in [0.1, 0.15) is 26.3 Å². The van der Waals surface area contributed by atoms with Crippen molar-refractivity contribution in [2.45, 2.75) is 26.2 Å². The van der Waals surface area contributed by atoms with Crippen LogP contribution in [0.2, 0.25) is 0 Å². The van der Waals surface area contributed by atoms with Gasteiger partial charge in [0.2, 0.25) is 0 Å². The van der Waals surface area contributed by atoms with Crippen molar-refractivity contribution in [1.82, 2.24) is 0 Å². The molecule has 0 aliphatic heterocycles. The Bertz CT molecular complexity index is 391. The van der Waals surface area contributed by atoms with Gasteiger partial charge in [-0.15, -0.1) is 0 Å². The molecule has 0 saturated heterocycles. The molecule has 0 N–H and O–H groups in total. The largest absolute Gasteiger partial charge is 0.0991 e. The zero-order valence-electron chi connectivity index (χ0n) is 10.4. The number of hydrogen-bond donors (Lipinski definition) is 0. The molecule has 0 aromatic heterocycles. The lowest BCUT2D eigenvalue weighted by atomic mass is 9.78. The minimum absolute atomic E-state index is 0.0762. The Morgan fingerprint density at radius 2 is 1.75 bits per heavy atom. The third-order valence-electron chi connectivity index (χ3n) is 3.07. The van der Waals surface area contributed by atoms with E-state index in [-0.39, 0.29) is 5.41 Å². The molecule has 0 radical (unpaired) electrons. The second-order valence-electron chi connectivity index (χ2n) is 4.46. The van der Waals surface area contributed by atoms with Gasteiger partial charge in [0.05, 0.1) is 0 Å². The quantitative estimate of drug-likeness (QED) is 0.637. The normalized spacial score (nSPS) is 13.1. The highest BCUT2D eigenvalue weighted by Crippen LogP contribution is 2.30. The van der Waals surface area contributed by atoms with E-state index in [1.807, 2.05) is 12.2 Å². The molecule has 0 unspecified atom stereocenters. The maximum Gasteiger partial charge on any atom is 0.0105 e. The van der Waals surface area contributed by atoms with Crippen LogP contribution in [0.4, 0.5) is 0 Å². The van der Waals surface area contributed by atoms with Crippen molar-refractivity contribution in [1.29, 1.82) is 0 Å². The van der Waals surface area contributed by atoms with Crippen molar-refractivity contribution in [3.05, 3.63) is 72.4 Å². The van der Waals surface area contributed by atoms with Crippen molar-refractivity contribution in [2.24, 2.45) is 0 Å². The van der Waals surface area contributed by atoms with Crippen LogP contribution in [0.5, 0.6) is 0 Å². The molecular formula is C16H20. The first-order chi connectivity index (χ1) is 7.59. The number of hydrogen-bond acceptors (Lipinski definition) is 0. The van der Waals surface area contributed by atoms with E-state index in [0.29, 0.717) is 0 Å². The molecule has 0 atom stereocenters. The van der Waals surface area contributed by atoms with E-state index in [1.54, 1.807) is 6.08 Å². The van der Waals surface area contributed by atoms with E-state index in [2.05, 4.69) is 63.8 Å². The van der Waals surface area contributed by atoms with Crippen molar-refractivity contribution in [3.8, 4) is 0 Å². The van der Waals surface area contributed by atoms with Crippen LogP contribution < -0.4 is 0 Å². The Balaban J connectivity index is 2.97. The van der Waals surface area contributed by atoms with Gasteiger partial charge in [-0.3, -0.25) is 0 Å². The van der Waals surface area contributed by atoms with Crippen molar-refractivity contribution in [2.75, 3.05) is 0 Å². The fourth-order valence-corrected chi connectivity index (χ4v) is 1.57. The van der Waals surface area contributed by atoms with Crippen LogP contribution in [-0.4, -0.2) is 0 Å². The summed E-state index contributed by atoms with van der Waals surface area (Å²) >= 11 is 0. The maximum atomic E-state index is 3.66. The highest BCUT2D eigenvalue weighted by atomic mass is 14.2.